The van der Waals surface area contributed by atoms with Crippen LogP contribution < -0.4 is 10.2 Å². The molecule has 162 valence electrons. The smallest absolute Gasteiger partial charge is 0.259 e. The van der Waals surface area contributed by atoms with Crippen molar-refractivity contribution >= 4 is 28.3 Å². The number of nitrogens with zero attached hydrogens (tertiary/aromatic N) is 1. The van der Waals surface area contributed by atoms with Crippen molar-refractivity contribution in [3.05, 3.63) is 89.5 Å². The average molecular weight is 445 g/mol. The molecule has 0 aromatic heterocycles. The summed E-state index contributed by atoms with van der Waals surface area (Å²) in [4.78, 5) is 29.2. The van der Waals surface area contributed by atoms with E-state index in [1.165, 1.54) is 0 Å². The lowest BCUT2D eigenvalue weighted by Crippen LogP contribution is -2.33. The number of carbonyl (C=O) groups is 2. The third kappa shape index (κ3) is 3.86. The van der Waals surface area contributed by atoms with E-state index in [1.807, 2.05) is 30.3 Å². The van der Waals surface area contributed by atoms with Crippen LogP contribution >= 0.6 is 0 Å². The average Bonchev–Trinajstić information content (AvgIpc) is 3.32. The summed E-state index contributed by atoms with van der Waals surface area (Å²) >= 11 is 0. The number of hydrogen-bond acceptors (Lipinski definition) is 3. The van der Waals surface area contributed by atoms with Crippen LogP contribution in [0.2, 0.25) is 0 Å². The van der Waals surface area contributed by atoms with E-state index in [-0.39, 0.29) is 17.9 Å². The predicted molar refractivity (Wildman–Crippen MR) is 124 cm³/mol. The number of anilines is 1. The molecule has 2 aliphatic rings. The molecule has 0 spiro atoms. The zero-order chi connectivity index (χ0) is 22.1. The highest BCUT2D eigenvalue weighted by atomic mass is 32.2. The molecule has 3 aromatic rings. The van der Waals surface area contributed by atoms with Crippen LogP contribution in [0.15, 0.2) is 82.6 Å². The lowest BCUT2D eigenvalue weighted by atomic mass is 10.1. The fourth-order valence-corrected chi connectivity index (χ4v) is 5.81. The SMILES string of the molecule is O=C(NC1CCCC1)c1ccc2c(c1)N(Cc1ccccc1)C(=O)c1ccccc1[S@]2=O. The summed E-state index contributed by atoms with van der Waals surface area (Å²) in [5.74, 6) is -0.371. The molecule has 1 aliphatic heterocycles. The highest BCUT2D eigenvalue weighted by molar-refractivity contribution is 7.85. The van der Waals surface area contributed by atoms with Gasteiger partial charge in [0, 0.05) is 11.6 Å². The third-order valence-electron chi connectivity index (χ3n) is 6.15. The Kier molecular flexibility index (Phi) is 5.62. The van der Waals surface area contributed by atoms with Crippen LogP contribution in [-0.2, 0) is 17.3 Å². The van der Waals surface area contributed by atoms with Gasteiger partial charge in [-0.2, -0.15) is 0 Å². The van der Waals surface area contributed by atoms with Crippen molar-refractivity contribution in [1.82, 2.24) is 5.32 Å². The molecule has 3 aromatic carbocycles. The fourth-order valence-electron chi connectivity index (χ4n) is 4.47. The molecule has 1 aliphatic carbocycles. The number of fused-ring (bicyclic) bond motifs is 2. The Morgan fingerprint density at radius 2 is 1.66 bits per heavy atom. The van der Waals surface area contributed by atoms with Crippen LogP contribution in [0.25, 0.3) is 0 Å². The van der Waals surface area contributed by atoms with Gasteiger partial charge in [-0.15, -0.1) is 0 Å². The fraction of sp³-hybridized carbons (Fsp3) is 0.231. The van der Waals surface area contributed by atoms with Crippen LogP contribution in [0, 0.1) is 0 Å². The van der Waals surface area contributed by atoms with E-state index < -0.39 is 10.8 Å². The molecule has 1 atom stereocenters. The van der Waals surface area contributed by atoms with E-state index in [0.717, 1.165) is 31.2 Å². The number of amides is 2. The van der Waals surface area contributed by atoms with Gasteiger partial charge in [-0.25, -0.2) is 4.21 Å². The molecular weight excluding hydrogens is 420 g/mol. The Morgan fingerprint density at radius 3 is 2.44 bits per heavy atom. The number of carbonyl (C=O) groups excluding carboxylic acids is 2. The standard InChI is InChI=1S/C26H24N2O3S/c29-25(27-20-10-4-5-11-20)19-14-15-24-22(16-19)28(17-18-8-2-1-3-9-18)26(30)21-12-6-7-13-23(21)32(24)31/h1-3,6-9,12-16,20H,4-5,10-11,17H2,(H,27,29)/t32-/m1/s1. The van der Waals surface area contributed by atoms with Crippen molar-refractivity contribution in [2.75, 3.05) is 4.90 Å². The molecule has 0 radical (unpaired) electrons. The number of nitrogens with one attached hydrogen (secondary N) is 1. The van der Waals surface area contributed by atoms with Crippen molar-refractivity contribution in [3.63, 3.8) is 0 Å². The van der Waals surface area contributed by atoms with Crippen molar-refractivity contribution in [2.45, 2.75) is 48.1 Å². The summed E-state index contributed by atoms with van der Waals surface area (Å²) in [6.45, 7) is 0.325. The van der Waals surface area contributed by atoms with Gasteiger partial charge < -0.3 is 10.2 Å². The molecule has 32 heavy (non-hydrogen) atoms. The topological polar surface area (TPSA) is 66.5 Å². The summed E-state index contributed by atoms with van der Waals surface area (Å²) in [6.07, 6.45) is 4.25. The normalized spacial score (nSPS) is 18.1. The molecule has 6 heteroatoms. The van der Waals surface area contributed by atoms with E-state index in [0.29, 0.717) is 33.2 Å². The highest BCUT2D eigenvalue weighted by Crippen LogP contribution is 2.36. The van der Waals surface area contributed by atoms with Gasteiger partial charge in [-0.3, -0.25) is 9.59 Å². The van der Waals surface area contributed by atoms with Crippen molar-refractivity contribution in [3.8, 4) is 0 Å². The molecule has 0 saturated heterocycles. The van der Waals surface area contributed by atoms with Crippen LogP contribution in [0.5, 0.6) is 0 Å². The minimum Gasteiger partial charge on any atom is -0.349 e. The van der Waals surface area contributed by atoms with Gasteiger partial charge in [0.1, 0.15) is 0 Å². The summed E-state index contributed by atoms with van der Waals surface area (Å²) < 4.78 is 13.5. The Morgan fingerprint density at radius 1 is 0.938 bits per heavy atom. The number of rotatable bonds is 4. The molecule has 2 amide bonds. The van der Waals surface area contributed by atoms with Crippen LogP contribution in [0.4, 0.5) is 5.69 Å². The molecule has 0 unspecified atom stereocenters. The molecule has 1 heterocycles. The Bertz CT molecular complexity index is 1200. The zero-order valence-electron chi connectivity index (χ0n) is 17.6. The van der Waals surface area contributed by atoms with Gasteiger partial charge in [0.05, 0.1) is 38.4 Å². The van der Waals surface area contributed by atoms with Crippen LogP contribution in [0.1, 0.15) is 52.0 Å². The maximum atomic E-state index is 13.6. The monoisotopic (exact) mass is 444 g/mol. The van der Waals surface area contributed by atoms with Crippen molar-refractivity contribution in [1.29, 1.82) is 0 Å². The number of hydrogen-bond donors (Lipinski definition) is 1. The molecule has 5 nitrogen and oxygen atoms in total. The van der Waals surface area contributed by atoms with E-state index in [2.05, 4.69) is 5.32 Å². The first-order valence-corrected chi connectivity index (χ1v) is 12.1. The van der Waals surface area contributed by atoms with Gasteiger partial charge in [0.2, 0.25) is 0 Å². The van der Waals surface area contributed by atoms with E-state index in [1.54, 1.807) is 47.4 Å². The zero-order valence-corrected chi connectivity index (χ0v) is 18.4. The van der Waals surface area contributed by atoms with Gasteiger partial charge in [0.25, 0.3) is 11.8 Å². The van der Waals surface area contributed by atoms with E-state index in [4.69, 9.17) is 0 Å². The van der Waals surface area contributed by atoms with Crippen LogP contribution in [-0.4, -0.2) is 22.1 Å². The second kappa shape index (κ2) is 8.71. The summed E-state index contributed by atoms with van der Waals surface area (Å²) in [5.41, 5.74) is 2.38. The van der Waals surface area contributed by atoms with Gasteiger partial charge in [-0.1, -0.05) is 55.3 Å². The van der Waals surface area contributed by atoms with Gasteiger partial charge in [0.15, 0.2) is 0 Å². The highest BCUT2D eigenvalue weighted by Gasteiger charge is 2.31. The Hall–Kier alpha value is -3.25. The van der Waals surface area contributed by atoms with E-state index >= 15 is 0 Å². The Labute approximate surface area is 189 Å². The second-order valence-electron chi connectivity index (χ2n) is 8.28. The first-order valence-electron chi connectivity index (χ1n) is 10.9. The molecule has 1 fully saturated rings. The van der Waals surface area contributed by atoms with Crippen molar-refractivity contribution in [2.24, 2.45) is 0 Å². The molecular formula is C26H24N2O3S. The van der Waals surface area contributed by atoms with Crippen molar-refractivity contribution < 1.29 is 13.8 Å². The van der Waals surface area contributed by atoms with Crippen LogP contribution in [0.3, 0.4) is 0 Å². The first kappa shape index (κ1) is 20.6. The third-order valence-corrected chi connectivity index (χ3v) is 7.65. The second-order valence-corrected chi connectivity index (χ2v) is 9.70. The largest absolute Gasteiger partial charge is 0.349 e. The first-order chi connectivity index (χ1) is 15.6. The summed E-state index contributed by atoms with van der Waals surface area (Å²) in [5, 5.41) is 3.10. The molecule has 1 N–H and O–H groups in total. The quantitative estimate of drug-likeness (QED) is 0.635. The molecule has 1 saturated carbocycles. The maximum absolute atomic E-state index is 13.6. The minimum atomic E-state index is -1.53. The number of benzene rings is 3. The molecule has 0 bridgehead atoms. The van der Waals surface area contributed by atoms with Gasteiger partial charge in [-0.05, 0) is 48.7 Å². The lowest BCUT2D eigenvalue weighted by molar-refractivity contribution is 0.0935. The maximum Gasteiger partial charge on any atom is 0.259 e. The summed E-state index contributed by atoms with van der Waals surface area (Å²) in [6, 6.07) is 22.1. The Balaban J connectivity index is 1.59. The van der Waals surface area contributed by atoms with E-state index in [9.17, 15) is 13.8 Å². The minimum absolute atomic E-state index is 0.153. The molecule has 5 rings (SSSR count). The predicted octanol–water partition coefficient (Wildman–Crippen LogP) is 4.69. The van der Waals surface area contributed by atoms with Gasteiger partial charge >= 0.3 is 0 Å². The summed E-state index contributed by atoms with van der Waals surface area (Å²) in [7, 11) is -1.53. The lowest BCUT2D eigenvalue weighted by Gasteiger charge is -2.24.